The average Bonchev–Trinajstić information content (AvgIpc) is 2.25. The highest BCUT2D eigenvalue weighted by Gasteiger charge is 2.05. The fourth-order valence-electron chi connectivity index (χ4n) is 1.42. The molecule has 0 atom stereocenters. The maximum Gasteiger partial charge on any atom is 0.150 e. The van der Waals surface area contributed by atoms with Gasteiger partial charge >= 0.3 is 0 Å². The van der Waals surface area contributed by atoms with Crippen LogP contribution in [-0.2, 0) is 0 Å². The minimum atomic E-state index is 0.703. The summed E-state index contributed by atoms with van der Waals surface area (Å²) >= 11 is 3.48. The van der Waals surface area contributed by atoms with Gasteiger partial charge in [0.1, 0.15) is 6.29 Å². The van der Waals surface area contributed by atoms with E-state index in [9.17, 15) is 4.79 Å². The number of rotatable bonds is 5. The second-order valence-corrected chi connectivity index (χ2v) is 4.46. The zero-order valence-corrected chi connectivity index (χ0v) is 10.8. The van der Waals surface area contributed by atoms with Crippen LogP contribution < -0.4 is 4.90 Å². The van der Waals surface area contributed by atoms with Gasteiger partial charge in [-0.1, -0.05) is 13.3 Å². The largest absolute Gasteiger partial charge is 0.374 e. The van der Waals surface area contributed by atoms with Crippen LogP contribution in [0.4, 0.5) is 5.69 Å². The standard InChI is InChI=1S/C12H16BrNO/c1-3-4-7-14(2)12-6-5-10(9-15)8-11(12)13/h5-6,8-9H,3-4,7H2,1-2H3. The van der Waals surface area contributed by atoms with Gasteiger partial charge in [0.25, 0.3) is 0 Å². The van der Waals surface area contributed by atoms with Gasteiger partial charge in [-0.05, 0) is 40.5 Å². The molecule has 0 bridgehead atoms. The molecule has 0 aromatic heterocycles. The molecule has 0 heterocycles. The molecule has 0 saturated carbocycles. The van der Waals surface area contributed by atoms with Crippen LogP contribution in [0.1, 0.15) is 30.1 Å². The summed E-state index contributed by atoms with van der Waals surface area (Å²) in [5.74, 6) is 0. The van der Waals surface area contributed by atoms with Crippen molar-refractivity contribution < 1.29 is 4.79 Å². The lowest BCUT2D eigenvalue weighted by atomic mass is 10.2. The SMILES string of the molecule is CCCCN(C)c1ccc(C=O)cc1Br. The van der Waals surface area contributed by atoms with Gasteiger partial charge in [0.15, 0.2) is 0 Å². The number of carbonyl (C=O) groups is 1. The molecule has 1 aromatic rings. The number of nitrogens with zero attached hydrogens (tertiary/aromatic N) is 1. The Balaban J connectivity index is 2.80. The Morgan fingerprint density at radius 3 is 2.73 bits per heavy atom. The Morgan fingerprint density at radius 2 is 2.20 bits per heavy atom. The summed E-state index contributed by atoms with van der Waals surface area (Å²) < 4.78 is 0.978. The van der Waals surface area contributed by atoms with Crippen molar-refractivity contribution in [2.75, 3.05) is 18.5 Å². The highest BCUT2D eigenvalue weighted by molar-refractivity contribution is 9.10. The lowest BCUT2D eigenvalue weighted by Gasteiger charge is -2.20. The molecule has 15 heavy (non-hydrogen) atoms. The third-order valence-electron chi connectivity index (χ3n) is 2.37. The fraction of sp³-hybridized carbons (Fsp3) is 0.417. The maximum absolute atomic E-state index is 10.6. The van der Waals surface area contributed by atoms with Crippen molar-refractivity contribution in [2.45, 2.75) is 19.8 Å². The van der Waals surface area contributed by atoms with Gasteiger partial charge in [0, 0.05) is 23.6 Å². The maximum atomic E-state index is 10.6. The van der Waals surface area contributed by atoms with Gasteiger partial charge in [0.2, 0.25) is 0 Å². The summed E-state index contributed by atoms with van der Waals surface area (Å²) in [6.45, 7) is 3.22. The first kappa shape index (κ1) is 12.2. The minimum absolute atomic E-state index is 0.703. The van der Waals surface area contributed by atoms with Crippen LogP contribution in [-0.4, -0.2) is 19.9 Å². The summed E-state index contributed by atoms with van der Waals surface area (Å²) in [6, 6.07) is 5.67. The van der Waals surface area contributed by atoms with E-state index in [1.165, 1.54) is 12.8 Å². The van der Waals surface area contributed by atoms with Crippen molar-refractivity contribution >= 4 is 27.9 Å². The van der Waals surface area contributed by atoms with Gasteiger partial charge < -0.3 is 4.90 Å². The summed E-state index contributed by atoms with van der Waals surface area (Å²) in [5, 5.41) is 0. The smallest absolute Gasteiger partial charge is 0.150 e. The summed E-state index contributed by atoms with van der Waals surface area (Å²) in [7, 11) is 2.07. The van der Waals surface area contributed by atoms with Crippen LogP contribution >= 0.6 is 15.9 Å². The number of hydrogen-bond donors (Lipinski definition) is 0. The number of benzene rings is 1. The molecular formula is C12H16BrNO. The van der Waals surface area contributed by atoms with E-state index in [1.807, 2.05) is 18.2 Å². The van der Waals surface area contributed by atoms with Gasteiger partial charge in [-0.15, -0.1) is 0 Å². The molecule has 0 radical (unpaired) electrons. The molecule has 0 unspecified atom stereocenters. The van der Waals surface area contributed by atoms with Crippen molar-refractivity contribution in [3.8, 4) is 0 Å². The van der Waals surface area contributed by atoms with Crippen LogP contribution in [0.15, 0.2) is 22.7 Å². The molecule has 0 aliphatic heterocycles. The molecule has 0 N–H and O–H groups in total. The zero-order valence-electron chi connectivity index (χ0n) is 9.16. The Hall–Kier alpha value is -0.830. The molecule has 1 rings (SSSR count). The number of unbranched alkanes of at least 4 members (excludes halogenated alkanes) is 1. The van der Waals surface area contributed by atoms with Gasteiger partial charge in [-0.2, -0.15) is 0 Å². The highest BCUT2D eigenvalue weighted by atomic mass is 79.9. The molecule has 82 valence electrons. The van der Waals surface area contributed by atoms with Crippen LogP contribution in [0.5, 0.6) is 0 Å². The number of carbonyl (C=O) groups excluding carboxylic acids is 1. The first-order valence-corrected chi connectivity index (χ1v) is 5.94. The number of hydrogen-bond acceptors (Lipinski definition) is 2. The van der Waals surface area contributed by atoms with E-state index in [0.717, 1.165) is 23.0 Å². The number of aldehydes is 1. The fourth-order valence-corrected chi connectivity index (χ4v) is 2.12. The molecule has 0 aliphatic rings. The topological polar surface area (TPSA) is 20.3 Å². The van der Waals surface area contributed by atoms with E-state index in [0.29, 0.717) is 5.56 Å². The predicted octanol–water partition coefficient (Wildman–Crippen LogP) is 3.50. The number of halogens is 1. The van der Waals surface area contributed by atoms with E-state index in [-0.39, 0.29) is 0 Å². The van der Waals surface area contributed by atoms with E-state index in [1.54, 1.807) is 0 Å². The predicted molar refractivity (Wildman–Crippen MR) is 67.7 cm³/mol. The summed E-state index contributed by atoms with van der Waals surface area (Å²) in [6.07, 6.45) is 3.23. The third kappa shape index (κ3) is 3.34. The first-order chi connectivity index (χ1) is 7.19. The van der Waals surface area contributed by atoms with Gasteiger partial charge in [-0.25, -0.2) is 0 Å². The molecule has 0 amide bonds. The van der Waals surface area contributed by atoms with Crippen molar-refractivity contribution in [3.63, 3.8) is 0 Å². The summed E-state index contributed by atoms with van der Waals surface area (Å²) in [4.78, 5) is 12.8. The van der Waals surface area contributed by atoms with E-state index < -0.39 is 0 Å². The second kappa shape index (κ2) is 5.91. The Morgan fingerprint density at radius 1 is 1.47 bits per heavy atom. The monoisotopic (exact) mass is 269 g/mol. The quantitative estimate of drug-likeness (QED) is 0.763. The normalized spacial score (nSPS) is 10.1. The molecule has 3 heteroatoms. The molecule has 0 fully saturated rings. The van der Waals surface area contributed by atoms with E-state index in [4.69, 9.17) is 0 Å². The second-order valence-electron chi connectivity index (χ2n) is 3.60. The molecule has 1 aromatic carbocycles. The van der Waals surface area contributed by atoms with E-state index >= 15 is 0 Å². The van der Waals surface area contributed by atoms with Crippen LogP contribution in [0.2, 0.25) is 0 Å². The lowest BCUT2D eigenvalue weighted by molar-refractivity contribution is 0.112. The average molecular weight is 270 g/mol. The van der Waals surface area contributed by atoms with Crippen molar-refractivity contribution in [2.24, 2.45) is 0 Å². The van der Waals surface area contributed by atoms with Gasteiger partial charge in [-0.3, -0.25) is 4.79 Å². The third-order valence-corrected chi connectivity index (χ3v) is 3.00. The number of anilines is 1. The molecule has 0 saturated heterocycles. The Kier molecular flexibility index (Phi) is 4.82. The van der Waals surface area contributed by atoms with E-state index in [2.05, 4.69) is 34.8 Å². The Bertz CT molecular complexity index is 338. The van der Waals surface area contributed by atoms with Crippen LogP contribution in [0.25, 0.3) is 0 Å². The first-order valence-electron chi connectivity index (χ1n) is 5.15. The zero-order chi connectivity index (χ0) is 11.3. The lowest BCUT2D eigenvalue weighted by Crippen LogP contribution is -2.18. The Labute approximate surface area is 99.4 Å². The van der Waals surface area contributed by atoms with Crippen molar-refractivity contribution in [3.05, 3.63) is 28.2 Å². The van der Waals surface area contributed by atoms with Crippen LogP contribution in [0.3, 0.4) is 0 Å². The highest BCUT2D eigenvalue weighted by Crippen LogP contribution is 2.26. The molecule has 0 spiro atoms. The van der Waals surface area contributed by atoms with Crippen molar-refractivity contribution in [1.29, 1.82) is 0 Å². The molecule has 2 nitrogen and oxygen atoms in total. The molecular weight excluding hydrogens is 254 g/mol. The molecule has 0 aliphatic carbocycles. The van der Waals surface area contributed by atoms with Crippen molar-refractivity contribution in [1.82, 2.24) is 0 Å². The van der Waals surface area contributed by atoms with Gasteiger partial charge in [0.05, 0.1) is 5.69 Å². The summed E-state index contributed by atoms with van der Waals surface area (Å²) in [5.41, 5.74) is 1.84. The van der Waals surface area contributed by atoms with Crippen LogP contribution in [0, 0.1) is 0 Å². The minimum Gasteiger partial charge on any atom is -0.374 e.